The predicted octanol–water partition coefficient (Wildman–Crippen LogP) is 5.42. The number of amides is 2. The van der Waals surface area contributed by atoms with Gasteiger partial charge in [-0.15, -0.1) is 0 Å². The van der Waals surface area contributed by atoms with Crippen LogP contribution < -0.4 is 15.4 Å². The van der Waals surface area contributed by atoms with E-state index in [9.17, 15) is 9.59 Å². The van der Waals surface area contributed by atoms with Crippen molar-refractivity contribution in [3.63, 3.8) is 0 Å². The third-order valence-electron chi connectivity index (χ3n) is 4.77. The molecule has 0 saturated heterocycles. The van der Waals surface area contributed by atoms with E-state index in [0.29, 0.717) is 35.7 Å². The van der Waals surface area contributed by atoms with E-state index in [2.05, 4.69) is 17.6 Å². The van der Waals surface area contributed by atoms with Gasteiger partial charge in [-0.1, -0.05) is 32.3 Å². The zero-order valence-corrected chi connectivity index (χ0v) is 17.7. The summed E-state index contributed by atoms with van der Waals surface area (Å²) < 4.78 is 10.9. The highest BCUT2D eigenvalue weighted by Crippen LogP contribution is 2.16. The number of hydrogen-bond donors (Lipinski definition) is 2. The summed E-state index contributed by atoms with van der Waals surface area (Å²) in [7, 11) is 0. The number of nitrogens with one attached hydrogen (secondary N) is 2. The Labute approximate surface area is 182 Å². The second kappa shape index (κ2) is 11.6. The monoisotopic (exact) mass is 420 g/mol. The Morgan fingerprint density at radius 3 is 2.48 bits per heavy atom. The second-order valence-corrected chi connectivity index (χ2v) is 7.23. The van der Waals surface area contributed by atoms with Crippen molar-refractivity contribution in [1.29, 1.82) is 0 Å². The van der Waals surface area contributed by atoms with E-state index in [1.54, 1.807) is 66.9 Å². The number of rotatable bonds is 11. The first kappa shape index (κ1) is 22.2. The Hall–Kier alpha value is -3.54. The largest absolute Gasteiger partial charge is 0.494 e. The van der Waals surface area contributed by atoms with Crippen molar-refractivity contribution in [2.24, 2.45) is 0 Å². The van der Waals surface area contributed by atoms with Crippen LogP contribution in [-0.2, 0) is 6.54 Å². The van der Waals surface area contributed by atoms with Gasteiger partial charge >= 0.3 is 0 Å². The van der Waals surface area contributed by atoms with Gasteiger partial charge in [0.15, 0.2) is 0 Å². The van der Waals surface area contributed by atoms with Crippen LogP contribution in [0.5, 0.6) is 5.75 Å². The summed E-state index contributed by atoms with van der Waals surface area (Å²) in [6.07, 6.45) is 6.17. The molecule has 2 amide bonds. The summed E-state index contributed by atoms with van der Waals surface area (Å²) in [5.74, 6) is 0.935. The zero-order valence-electron chi connectivity index (χ0n) is 17.7. The summed E-state index contributed by atoms with van der Waals surface area (Å²) in [5.41, 5.74) is 1.52. The van der Waals surface area contributed by atoms with Gasteiger partial charge in [-0.3, -0.25) is 9.59 Å². The third kappa shape index (κ3) is 7.03. The summed E-state index contributed by atoms with van der Waals surface area (Å²) in [6, 6.07) is 17.4. The number of unbranched alkanes of at least 4 members (excludes halogenated alkanes) is 3. The highest BCUT2D eigenvalue weighted by Gasteiger charge is 2.10. The van der Waals surface area contributed by atoms with E-state index in [1.807, 2.05) is 0 Å². The number of carbonyl (C=O) groups excluding carboxylic acids is 2. The first-order valence-corrected chi connectivity index (χ1v) is 10.6. The van der Waals surface area contributed by atoms with Crippen molar-refractivity contribution >= 4 is 17.5 Å². The molecule has 0 aliphatic heterocycles. The van der Waals surface area contributed by atoms with Crippen LogP contribution in [-0.4, -0.2) is 18.4 Å². The summed E-state index contributed by atoms with van der Waals surface area (Å²) in [4.78, 5) is 24.9. The average molecular weight is 421 g/mol. The molecule has 0 aliphatic rings. The van der Waals surface area contributed by atoms with Gasteiger partial charge in [0.05, 0.1) is 19.4 Å². The van der Waals surface area contributed by atoms with Crippen molar-refractivity contribution in [1.82, 2.24) is 5.32 Å². The van der Waals surface area contributed by atoms with E-state index in [1.165, 1.54) is 12.8 Å². The van der Waals surface area contributed by atoms with Gasteiger partial charge in [0, 0.05) is 16.8 Å². The van der Waals surface area contributed by atoms with Crippen LogP contribution in [0.4, 0.5) is 5.69 Å². The highest BCUT2D eigenvalue weighted by atomic mass is 16.5. The molecule has 6 nitrogen and oxygen atoms in total. The Bertz CT molecular complexity index is 965. The van der Waals surface area contributed by atoms with E-state index < -0.39 is 0 Å². The molecule has 2 N–H and O–H groups in total. The molecule has 162 valence electrons. The lowest BCUT2D eigenvalue weighted by atomic mass is 10.1. The van der Waals surface area contributed by atoms with Crippen molar-refractivity contribution < 1.29 is 18.7 Å². The second-order valence-electron chi connectivity index (χ2n) is 7.23. The van der Waals surface area contributed by atoms with Crippen LogP contribution >= 0.6 is 0 Å². The van der Waals surface area contributed by atoms with Gasteiger partial charge < -0.3 is 19.8 Å². The van der Waals surface area contributed by atoms with Crippen molar-refractivity contribution in [3.05, 3.63) is 83.8 Å². The van der Waals surface area contributed by atoms with Gasteiger partial charge in [0.2, 0.25) is 0 Å². The fourth-order valence-electron chi connectivity index (χ4n) is 3.05. The number of ether oxygens (including phenoxy) is 1. The molecule has 1 heterocycles. The van der Waals surface area contributed by atoms with E-state index in [-0.39, 0.29) is 11.8 Å². The summed E-state index contributed by atoms with van der Waals surface area (Å²) in [5, 5.41) is 5.62. The molecule has 31 heavy (non-hydrogen) atoms. The SMILES string of the molecule is CCCCCCOc1ccc(C(=O)Nc2cccc(C(=O)NCc3ccco3)c2)cc1. The number of furan rings is 1. The molecule has 3 rings (SSSR count). The number of benzene rings is 2. The minimum atomic E-state index is -0.248. The molecular formula is C25H28N2O4. The molecule has 6 heteroatoms. The van der Waals surface area contributed by atoms with Crippen molar-refractivity contribution in [3.8, 4) is 5.75 Å². The lowest BCUT2D eigenvalue weighted by Crippen LogP contribution is -2.22. The van der Waals surface area contributed by atoms with Gasteiger partial charge in [-0.25, -0.2) is 0 Å². The van der Waals surface area contributed by atoms with E-state index >= 15 is 0 Å². The van der Waals surface area contributed by atoms with Gasteiger partial charge in [-0.2, -0.15) is 0 Å². The minimum Gasteiger partial charge on any atom is -0.494 e. The maximum Gasteiger partial charge on any atom is 0.255 e. The fraction of sp³-hybridized carbons (Fsp3) is 0.280. The van der Waals surface area contributed by atoms with Gasteiger partial charge in [0.1, 0.15) is 11.5 Å². The molecule has 0 aliphatic carbocycles. The van der Waals surface area contributed by atoms with Crippen LogP contribution in [0.3, 0.4) is 0 Å². The molecule has 0 unspecified atom stereocenters. The third-order valence-corrected chi connectivity index (χ3v) is 4.77. The van der Waals surface area contributed by atoms with Crippen LogP contribution in [0.15, 0.2) is 71.3 Å². The Balaban J connectivity index is 1.51. The molecule has 0 fully saturated rings. The molecule has 0 spiro atoms. The van der Waals surface area contributed by atoms with Crippen molar-refractivity contribution in [2.75, 3.05) is 11.9 Å². The lowest BCUT2D eigenvalue weighted by molar-refractivity contribution is 0.0946. The van der Waals surface area contributed by atoms with Crippen LogP contribution in [0, 0.1) is 0 Å². The van der Waals surface area contributed by atoms with E-state index in [4.69, 9.17) is 9.15 Å². The first-order chi connectivity index (χ1) is 15.2. The predicted molar refractivity (Wildman–Crippen MR) is 120 cm³/mol. The molecule has 0 radical (unpaired) electrons. The molecule has 0 bridgehead atoms. The standard InChI is InChI=1S/C25H28N2O4/c1-2-3-4-5-15-30-22-13-11-19(12-14-22)25(29)27-21-9-6-8-20(17-21)24(28)26-18-23-10-7-16-31-23/h6-14,16-17H,2-5,15,18H2,1H3,(H,26,28)(H,27,29). The minimum absolute atomic E-state index is 0.243. The summed E-state index contributed by atoms with van der Waals surface area (Å²) in [6.45, 7) is 3.16. The lowest BCUT2D eigenvalue weighted by Gasteiger charge is -2.09. The Morgan fingerprint density at radius 2 is 1.74 bits per heavy atom. The molecule has 0 atom stereocenters. The van der Waals surface area contributed by atoms with Crippen molar-refractivity contribution in [2.45, 2.75) is 39.2 Å². The normalized spacial score (nSPS) is 10.5. The van der Waals surface area contributed by atoms with Crippen LogP contribution in [0.1, 0.15) is 59.1 Å². The zero-order chi connectivity index (χ0) is 21.9. The number of carbonyl (C=O) groups is 2. The quantitative estimate of drug-likeness (QED) is 0.406. The fourth-order valence-corrected chi connectivity index (χ4v) is 3.05. The highest BCUT2D eigenvalue weighted by molar-refractivity contribution is 6.05. The molecule has 0 saturated carbocycles. The Kier molecular flexibility index (Phi) is 8.29. The molecule has 3 aromatic rings. The summed E-state index contributed by atoms with van der Waals surface area (Å²) >= 11 is 0. The maximum absolute atomic E-state index is 12.6. The number of hydrogen-bond acceptors (Lipinski definition) is 4. The molecule has 2 aromatic carbocycles. The first-order valence-electron chi connectivity index (χ1n) is 10.6. The smallest absolute Gasteiger partial charge is 0.255 e. The van der Waals surface area contributed by atoms with Crippen LogP contribution in [0.25, 0.3) is 0 Å². The Morgan fingerprint density at radius 1 is 0.903 bits per heavy atom. The van der Waals surface area contributed by atoms with Gasteiger partial charge in [-0.05, 0) is 61.0 Å². The van der Waals surface area contributed by atoms with Crippen LogP contribution in [0.2, 0.25) is 0 Å². The van der Waals surface area contributed by atoms with Gasteiger partial charge in [0.25, 0.3) is 11.8 Å². The van der Waals surface area contributed by atoms with E-state index in [0.717, 1.165) is 18.6 Å². The average Bonchev–Trinajstić information content (AvgIpc) is 3.31. The number of anilines is 1. The molecular weight excluding hydrogens is 392 g/mol. The molecule has 1 aromatic heterocycles. The topological polar surface area (TPSA) is 80.6 Å². The maximum atomic E-state index is 12.6.